The fourth-order valence-corrected chi connectivity index (χ4v) is 6.44. The van der Waals surface area contributed by atoms with Gasteiger partial charge in [-0.3, -0.25) is 9.59 Å². The minimum atomic E-state index is -0.271. The molecule has 4 bridgehead atoms. The van der Waals surface area contributed by atoms with Gasteiger partial charge in [0.1, 0.15) is 0 Å². The van der Waals surface area contributed by atoms with Crippen molar-refractivity contribution in [3.8, 4) is 0 Å². The van der Waals surface area contributed by atoms with Crippen LogP contribution in [0.4, 0.5) is 0 Å². The lowest BCUT2D eigenvalue weighted by Gasteiger charge is -2.59. The van der Waals surface area contributed by atoms with Crippen LogP contribution in [0.5, 0.6) is 0 Å². The molecule has 4 nitrogen and oxygen atoms in total. The van der Waals surface area contributed by atoms with Crippen molar-refractivity contribution in [3.05, 3.63) is 0 Å². The van der Waals surface area contributed by atoms with Gasteiger partial charge in [0.25, 0.3) is 0 Å². The number of halogens is 1. The largest absolute Gasteiger partial charge is 0.469 e. The van der Waals surface area contributed by atoms with Gasteiger partial charge >= 0.3 is 5.97 Å². The standard InChI is InChI=1S/C15H22BrNO3/c1-20-12(18)2-3-17-13(19)14-5-10-4-11(6-14)8-15(16,7-10)9-14/h10-11H,2-9H2,1H3,(H,17,19). The van der Waals surface area contributed by atoms with Crippen molar-refractivity contribution in [1.29, 1.82) is 0 Å². The summed E-state index contributed by atoms with van der Waals surface area (Å²) in [6.45, 7) is 0.387. The first kappa shape index (κ1) is 14.4. The van der Waals surface area contributed by atoms with Crippen molar-refractivity contribution < 1.29 is 14.3 Å². The minimum Gasteiger partial charge on any atom is -0.469 e. The highest BCUT2D eigenvalue weighted by Crippen LogP contribution is 2.64. The Labute approximate surface area is 128 Å². The lowest BCUT2D eigenvalue weighted by molar-refractivity contribution is -0.144. The Bertz CT molecular complexity index is 423. The van der Waals surface area contributed by atoms with E-state index in [9.17, 15) is 9.59 Å². The Kier molecular flexibility index (Phi) is 3.59. The van der Waals surface area contributed by atoms with E-state index < -0.39 is 0 Å². The first-order chi connectivity index (χ1) is 9.45. The number of ether oxygens (including phenoxy) is 1. The maximum atomic E-state index is 12.6. The van der Waals surface area contributed by atoms with Crippen LogP contribution in [-0.2, 0) is 14.3 Å². The molecular formula is C15H22BrNO3. The van der Waals surface area contributed by atoms with Crippen LogP contribution >= 0.6 is 15.9 Å². The fraction of sp³-hybridized carbons (Fsp3) is 0.867. The Morgan fingerprint density at radius 1 is 1.25 bits per heavy atom. The monoisotopic (exact) mass is 343 g/mol. The van der Waals surface area contributed by atoms with E-state index in [4.69, 9.17) is 0 Å². The van der Waals surface area contributed by atoms with Gasteiger partial charge in [-0.2, -0.15) is 0 Å². The number of alkyl halides is 1. The maximum absolute atomic E-state index is 12.6. The second kappa shape index (κ2) is 5.00. The predicted molar refractivity (Wildman–Crippen MR) is 78.4 cm³/mol. The van der Waals surface area contributed by atoms with Gasteiger partial charge in [-0.15, -0.1) is 0 Å². The summed E-state index contributed by atoms with van der Waals surface area (Å²) in [5.74, 6) is 1.27. The van der Waals surface area contributed by atoms with Gasteiger partial charge in [0.2, 0.25) is 5.91 Å². The van der Waals surface area contributed by atoms with Crippen LogP contribution in [0.15, 0.2) is 0 Å². The molecule has 4 rings (SSSR count). The van der Waals surface area contributed by atoms with Crippen LogP contribution in [0.2, 0.25) is 0 Å². The molecule has 112 valence electrons. The third kappa shape index (κ3) is 2.49. The van der Waals surface area contributed by atoms with Crippen LogP contribution in [0.25, 0.3) is 0 Å². The third-order valence-electron chi connectivity index (χ3n) is 5.31. The number of methoxy groups -OCH3 is 1. The van der Waals surface area contributed by atoms with E-state index in [1.165, 1.54) is 26.4 Å². The van der Waals surface area contributed by atoms with E-state index in [1.54, 1.807) is 0 Å². The lowest BCUT2D eigenvalue weighted by Crippen LogP contribution is -2.58. The van der Waals surface area contributed by atoms with E-state index in [2.05, 4.69) is 26.0 Å². The number of rotatable bonds is 4. The molecule has 5 heteroatoms. The third-order valence-corrected chi connectivity index (χ3v) is 6.24. The Morgan fingerprint density at radius 3 is 2.45 bits per heavy atom. The van der Waals surface area contributed by atoms with E-state index in [1.807, 2.05) is 0 Å². The Balaban J connectivity index is 1.64. The SMILES string of the molecule is COC(=O)CCNC(=O)C12CC3CC(CC(Br)(C3)C1)C2. The molecule has 4 aliphatic rings. The average molecular weight is 344 g/mol. The number of carbonyl (C=O) groups is 2. The summed E-state index contributed by atoms with van der Waals surface area (Å²) in [6.07, 6.45) is 7.01. The average Bonchev–Trinajstić information content (AvgIpc) is 2.35. The quantitative estimate of drug-likeness (QED) is 0.629. The highest BCUT2D eigenvalue weighted by atomic mass is 79.9. The summed E-state index contributed by atoms with van der Waals surface area (Å²) in [5.41, 5.74) is -0.191. The first-order valence-electron chi connectivity index (χ1n) is 7.49. The van der Waals surface area contributed by atoms with Crippen LogP contribution < -0.4 is 5.32 Å². The molecule has 0 spiro atoms. The molecule has 0 radical (unpaired) electrons. The van der Waals surface area contributed by atoms with Crippen molar-refractivity contribution in [2.75, 3.05) is 13.7 Å². The highest BCUT2D eigenvalue weighted by Gasteiger charge is 2.59. The highest BCUT2D eigenvalue weighted by molar-refractivity contribution is 9.10. The van der Waals surface area contributed by atoms with Crippen LogP contribution in [0, 0.1) is 17.3 Å². The Hall–Kier alpha value is -0.580. The van der Waals surface area contributed by atoms with Gasteiger partial charge in [-0.05, 0) is 50.4 Å². The number of carbonyl (C=O) groups excluding carboxylic acids is 2. The van der Waals surface area contributed by atoms with Gasteiger partial charge in [0.05, 0.1) is 18.9 Å². The lowest BCUT2D eigenvalue weighted by atomic mass is 9.49. The molecule has 2 atom stereocenters. The summed E-state index contributed by atoms with van der Waals surface area (Å²) in [7, 11) is 1.37. The molecule has 0 aromatic rings. The number of nitrogens with one attached hydrogen (secondary N) is 1. The molecule has 0 aliphatic heterocycles. The molecular weight excluding hydrogens is 322 g/mol. The molecule has 20 heavy (non-hydrogen) atoms. The summed E-state index contributed by atoms with van der Waals surface area (Å²) >= 11 is 3.91. The molecule has 2 unspecified atom stereocenters. The van der Waals surface area contributed by atoms with Crippen LogP contribution in [0.1, 0.15) is 44.9 Å². The van der Waals surface area contributed by atoms with E-state index >= 15 is 0 Å². The molecule has 1 N–H and O–H groups in total. The molecule has 4 aliphatic carbocycles. The molecule has 0 aromatic carbocycles. The van der Waals surface area contributed by atoms with E-state index in [0.717, 1.165) is 19.3 Å². The van der Waals surface area contributed by atoms with Crippen molar-refractivity contribution in [3.63, 3.8) is 0 Å². The predicted octanol–water partition coefficient (Wildman–Crippen LogP) is 2.40. The van der Waals surface area contributed by atoms with Crippen molar-refractivity contribution in [2.45, 2.75) is 49.3 Å². The fourth-order valence-electron chi connectivity index (χ4n) is 4.98. The molecule has 4 saturated carbocycles. The summed E-state index contributed by atoms with van der Waals surface area (Å²) < 4.78 is 4.79. The van der Waals surface area contributed by atoms with Crippen LogP contribution in [-0.4, -0.2) is 29.9 Å². The normalized spacial score (nSPS) is 41.5. The summed E-state index contributed by atoms with van der Waals surface area (Å²) in [6, 6.07) is 0. The van der Waals surface area contributed by atoms with Crippen molar-refractivity contribution >= 4 is 27.8 Å². The smallest absolute Gasteiger partial charge is 0.307 e. The number of esters is 1. The molecule has 4 fully saturated rings. The maximum Gasteiger partial charge on any atom is 0.307 e. The van der Waals surface area contributed by atoms with Crippen molar-refractivity contribution in [1.82, 2.24) is 5.32 Å². The zero-order chi connectivity index (χ0) is 14.4. The van der Waals surface area contributed by atoms with Gasteiger partial charge < -0.3 is 10.1 Å². The molecule has 0 heterocycles. The topological polar surface area (TPSA) is 55.4 Å². The zero-order valence-corrected chi connectivity index (χ0v) is 13.5. The molecule has 1 amide bonds. The number of amides is 1. The Morgan fingerprint density at radius 2 is 1.90 bits per heavy atom. The van der Waals surface area contributed by atoms with Gasteiger partial charge in [0.15, 0.2) is 0 Å². The molecule has 0 saturated heterocycles. The number of hydrogen-bond acceptors (Lipinski definition) is 3. The second-order valence-corrected chi connectivity index (χ2v) is 8.66. The van der Waals surface area contributed by atoms with Crippen LogP contribution in [0.3, 0.4) is 0 Å². The summed E-state index contributed by atoms with van der Waals surface area (Å²) in [5, 5.41) is 2.96. The first-order valence-corrected chi connectivity index (χ1v) is 8.28. The van der Waals surface area contributed by atoms with Crippen molar-refractivity contribution in [2.24, 2.45) is 17.3 Å². The van der Waals surface area contributed by atoms with E-state index in [-0.39, 0.29) is 28.0 Å². The van der Waals surface area contributed by atoms with Gasteiger partial charge in [0, 0.05) is 10.9 Å². The van der Waals surface area contributed by atoms with Gasteiger partial charge in [-0.25, -0.2) is 0 Å². The summed E-state index contributed by atoms with van der Waals surface area (Å²) in [4.78, 5) is 23.7. The zero-order valence-electron chi connectivity index (χ0n) is 11.9. The van der Waals surface area contributed by atoms with Gasteiger partial charge in [-0.1, -0.05) is 15.9 Å². The van der Waals surface area contributed by atoms with E-state index in [0.29, 0.717) is 18.4 Å². The minimum absolute atomic E-state index is 0.152. The second-order valence-electron chi connectivity index (χ2n) is 6.97. The molecule has 0 aromatic heterocycles. The number of hydrogen-bond donors (Lipinski definition) is 1.